The number of carbonyl (C=O) groups is 2. The molecular formula is C16H14O6S. The van der Waals surface area contributed by atoms with Crippen molar-refractivity contribution in [1.82, 2.24) is 0 Å². The van der Waals surface area contributed by atoms with Gasteiger partial charge in [-0.05, 0) is 36.4 Å². The quantitative estimate of drug-likeness (QED) is 0.541. The van der Waals surface area contributed by atoms with Gasteiger partial charge in [0.1, 0.15) is 24.7 Å². The summed E-state index contributed by atoms with van der Waals surface area (Å²) >= 11 is 1.54. The molecule has 0 radical (unpaired) electrons. The van der Waals surface area contributed by atoms with Crippen molar-refractivity contribution >= 4 is 23.7 Å². The molecule has 1 aliphatic heterocycles. The van der Waals surface area contributed by atoms with Crippen LogP contribution in [0.25, 0.3) is 0 Å². The summed E-state index contributed by atoms with van der Waals surface area (Å²) in [5.74, 6) is 1.79. The number of esters is 2. The molecule has 3 heterocycles. The predicted octanol–water partition coefficient (Wildman–Crippen LogP) is 3.19. The average Bonchev–Trinajstić information content (AvgIpc) is 3.19. The number of thioether (sulfide) groups is 1. The molecule has 4 bridgehead atoms. The van der Waals surface area contributed by atoms with Gasteiger partial charge in [0.15, 0.2) is 0 Å². The molecule has 0 amide bonds. The number of furan rings is 2. The highest BCUT2D eigenvalue weighted by molar-refractivity contribution is 7.97. The number of hydrogen-bond acceptors (Lipinski definition) is 7. The summed E-state index contributed by atoms with van der Waals surface area (Å²) in [6, 6.07) is 6.68. The van der Waals surface area contributed by atoms with Crippen LogP contribution in [0.5, 0.6) is 0 Å². The molecule has 0 unspecified atom stereocenters. The van der Waals surface area contributed by atoms with Gasteiger partial charge in [0.05, 0.1) is 11.5 Å². The number of fused-ring (bicyclic) bond motifs is 4. The van der Waals surface area contributed by atoms with E-state index >= 15 is 0 Å². The fourth-order valence-corrected chi connectivity index (χ4v) is 2.72. The second-order valence-electron chi connectivity index (χ2n) is 4.69. The molecule has 23 heavy (non-hydrogen) atoms. The van der Waals surface area contributed by atoms with E-state index in [4.69, 9.17) is 18.3 Å². The van der Waals surface area contributed by atoms with Gasteiger partial charge in [0.2, 0.25) is 11.5 Å². The molecular weight excluding hydrogens is 320 g/mol. The van der Waals surface area contributed by atoms with Crippen LogP contribution in [0.2, 0.25) is 0 Å². The van der Waals surface area contributed by atoms with Gasteiger partial charge in [-0.2, -0.15) is 0 Å². The lowest BCUT2D eigenvalue weighted by Gasteiger charge is -1.99. The van der Waals surface area contributed by atoms with Crippen molar-refractivity contribution in [1.29, 1.82) is 0 Å². The Labute approximate surface area is 136 Å². The first-order chi connectivity index (χ1) is 11.2. The van der Waals surface area contributed by atoms with Gasteiger partial charge < -0.3 is 18.3 Å². The molecule has 0 N–H and O–H groups in total. The zero-order valence-electron chi connectivity index (χ0n) is 12.2. The highest BCUT2D eigenvalue weighted by Gasteiger charge is 2.14. The molecule has 120 valence electrons. The van der Waals surface area contributed by atoms with E-state index in [2.05, 4.69) is 0 Å². The minimum absolute atomic E-state index is 0.0755. The maximum Gasteiger partial charge on any atom is 0.374 e. The van der Waals surface area contributed by atoms with Gasteiger partial charge >= 0.3 is 11.9 Å². The molecule has 2 aromatic rings. The number of carbonyl (C=O) groups excluding carboxylic acids is 2. The van der Waals surface area contributed by atoms with Crippen molar-refractivity contribution in [3.05, 3.63) is 59.5 Å². The Balaban J connectivity index is 1.73. The number of hydrogen-bond donors (Lipinski definition) is 0. The SMILES string of the molecule is O=C1OC/C=C\COC(=O)c2ccc(o2)CSCc2ccc1o2. The van der Waals surface area contributed by atoms with Crippen LogP contribution in [-0.4, -0.2) is 25.2 Å². The van der Waals surface area contributed by atoms with Crippen molar-refractivity contribution in [3.63, 3.8) is 0 Å². The van der Waals surface area contributed by atoms with Gasteiger partial charge in [-0.1, -0.05) is 0 Å². The van der Waals surface area contributed by atoms with E-state index in [1.165, 1.54) is 0 Å². The highest BCUT2D eigenvalue weighted by atomic mass is 32.2. The monoisotopic (exact) mass is 334 g/mol. The molecule has 2 aromatic heterocycles. The third-order valence-corrected chi connectivity index (χ3v) is 3.98. The van der Waals surface area contributed by atoms with E-state index in [1.54, 1.807) is 48.2 Å². The molecule has 7 heteroatoms. The predicted molar refractivity (Wildman–Crippen MR) is 82.1 cm³/mol. The summed E-state index contributed by atoms with van der Waals surface area (Å²) in [6.07, 6.45) is 3.19. The second-order valence-corrected chi connectivity index (χ2v) is 5.68. The molecule has 0 spiro atoms. The Bertz CT molecular complexity index is 666. The Morgan fingerprint density at radius 3 is 1.70 bits per heavy atom. The topological polar surface area (TPSA) is 78.9 Å². The number of rotatable bonds is 0. The Kier molecular flexibility index (Phi) is 4.87. The highest BCUT2D eigenvalue weighted by Crippen LogP contribution is 2.21. The van der Waals surface area contributed by atoms with Crippen LogP contribution >= 0.6 is 11.8 Å². The number of cyclic esters (lactones) is 2. The molecule has 0 atom stereocenters. The molecule has 0 saturated heterocycles. The van der Waals surface area contributed by atoms with E-state index in [0.29, 0.717) is 23.0 Å². The maximum absolute atomic E-state index is 11.8. The van der Waals surface area contributed by atoms with Gasteiger partial charge in [0, 0.05) is 0 Å². The van der Waals surface area contributed by atoms with Crippen LogP contribution in [0.3, 0.4) is 0 Å². The van der Waals surface area contributed by atoms with Crippen LogP contribution in [0.1, 0.15) is 32.6 Å². The smallest absolute Gasteiger partial charge is 0.374 e. The molecule has 1 aliphatic rings. The lowest BCUT2D eigenvalue weighted by atomic mass is 10.4. The van der Waals surface area contributed by atoms with Crippen LogP contribution in [0.15, 0.2) is 45.3 Å². The average molecular weight is 334 g/mol. The summed E-state index contributed by atoms with van der Waals surface area (Å²) in [7, 11) is 0. The van der Waals surface area contributed by atoms with Crippen molar-refractivity contribution in [2.24, 2.45) is 0 Å². The minimum atomic E-state index is -0.525. The summed E-state index contributed by atoms with van der Waals surface area (Å²) < 4.78 is 21.0. The molecule has 3 rings (SSSR count). The van der Waals surface area contributed by atoms with Gasteiger partial charge in [-0.25, -0.2) is 9.59 Å². The van der Waals surface area contributed by atoms with Gasteiger partial charge in [-0.15, -0.1) is 11.8 Å². The third-order valence-electron chi connectivity index (χ3n) is 3.00. The zero-order valence-corrected chi connectivity index (χ0v) is 13.0. The van der Waals surface area contributed by atoms with Crippen LogP contribution < -0.4 is 0 Å². The molecule has 6 nitrogen and oxygen atoms in total. The van der Waals surface area contributed by atoms with Crippen molar-refractivity contribution in [2.45, 2.75) is 11.5 Å². The van der Waals surface area contributed by atoms with E-state index < -0.39 is 11.9 Å². The first kappa shape index (κ1) is 15.5. The number of ether oxygens (including phenoxy) is 2. The standard InChI is InChI=1S/C16H14O6S/c17-15-13-5-3-11(21-13)9-23-10-12-4-6-14(22-12)16(18)20-8-2-1-7-19-15/h1-6H,7-10H2/b2-1-. The van der Waals surface area contributed by atoms with Crippen molar-refractivity contribution in [2.75, 3.05) is 13.2 Å². The lowest BCUT2D eigenvalue weighted by molar-refractivity contribution is 0.0490. The van der Waals surface area contributed by atoms with E-state index in [1.807, 2.05) is 0 Å². The zero-order chi connectivity index (χ0) is 16.1. The van der Waals surface area contributed by atoms with Crippen LogP contribution in [0, 0.1) is 0 Å². The maximum atomic E-state index is 11.8. The van der Waals surface area contributed by atoms with E-state index in [9.17, 15) is 9.59 Å². The van der Waals surface area contributed by atoms with E-state index in [-0.39, 0.29) is 24.7 Å². The summed E-state index contributed by atoms with van der Waals surface area (Å²) in [5.41, 5.74) is 0. The second kappa shape index (κ2) is 7.23. The molecule has 0 saturated carbocycles. The van der Waals surface area contributed by atoms with Gasteiger partial charge in [-0.3, -0.25) is 0 Å². The molecule has 0 aromatic carbocycles. The van der Waals surface area contributed by atoms with Crippen molar-refractivity contribution < 1.29 is 27.9 Å². The largest absolute Gasteiger partial charge is 0.456 e. The Morgan fingerprint density at radius 2 is 1.22 bits per heavy atom. The Hall–Kier alpha value is -2.41. The van der Waals surface area contributed by atoms with Crippen LogP contribution in [0.4, 0.5) is 0 Å². The van der Waals surface area contributed by atoms with Crippen LogP contribution in [-0.2, 0) is 21.0 Å². The van der Waals surface area contributed by atoms with E-state index in [0.717, 1.165) is 0 Å². The van der Waals surface area contributed by atoms with Crippen molar-refractivity contribution in [3.8, 4) is 0 Å². The fourth-order valence-electron chi connectivity index (χ4n) is 1.91. The third kappa shape index (κ3) is 4.07. The Morgan fingerprint density at radius 1 is 0.739 bits per heavy atom. The minimum Gasteiger partial charge on any atom is -0.456 e. The lowest BCUT2D eigenvalue weighted by Crippen LogP contribution is -2.05. The summed E-state index contributed by atoms with van der Waals surface area (Å²) in [4.78, 5) is 23.5. The fraction of sp³-hybridized carbons (Fsp3) is 0.250. The first-order valence-corrected chi connectivity index (χ1v) is 8.12. The van der Waals surface area contributed by atoms with Gasteiger partial charge in [0.25, 0.3) is 0 Å². The normalized spacial score (nSPS) is 17.9. The summed E-state index contributed by atoms with van der Waals surface area (Å²) in [5, 5.41) is 0. The first-order valence-electron chi connectivity index (χ1n) is 6.97. The summed E-state index contributed by atoms with van der Waals surface area (Å²) in [6.45, 7) is 0.151. The molecule has 0 fully saturated rings. The molecule has 0 aliphatic carbocycles.